The number of fused-ring (bicyclic) bond motifs is 2. The van der Waals surface area contributed by atoms with Gasteiger partial charge in [0.25, 0.3) is 0 Å². The predicted octanol–water partition coefficient (Wildman–Crippen LogP) is 3.21. The number of nitrogens with one attached hydrogen (secondary N) is 2. The SMILES string of the molecule is CSc1nc(NCc2nc3ccccc3[nH]2)n2ncc(C3CC3)c2n1. The number of hydrogen-bond acceptors (Lipinski definition) is 6. The van der Waals surface area contributed by atoms with E-state index in [1.807, 2.05) is 36.7 Å². The summed E-state index contributed by atoms with van der Waals surface area (Å²) in [5.74, 6) is 2.17. The summed E-state index contributed by atoms with van der Waals surface area (Å²) in [6, 6.07) is 8.01. The third kappa shape index (κ3) is 2.62. The topological polar surface area (TPSA) is 83.8 Å². The molecule has 0 spiro atoms. The Morgan fingerprint density at radius 3 is 2.92 bits per heavy atom. The van der Waals surface area contributed by atoms with Gasteiger partial charge in [0, 0.05) is 5.56 Å². The minimum Gasteiger partial charge on any atom is -0.347 e. The lowest BCUT2D eigenvalue weighted by molar-refractivity contribution is 0.823. The fraction of sp³-hybridized carbons (Fsp3) is 0.294. The monoisotopic (exact) mass is 351 g/mol. The lowest BCUT2D eigenvalue weighted by atomic mass is 10.2. The molecule has 7 nitrogen and oxygen atoms in total. The zero-order chi connectivity index (χ0) is 16.8. The van der Waals surface area contributed by atoms with Crippen molar-refractivity contribution in [2.75, 3.05) is 11.6 Å². The number of thioether (sulfide) groups is 1. The van der Waals surface area contributed by atoms with Crippen molar-refractivity contribution in [1.29, 1.82) is 0 Å². The van der Waals surface area contributed by atoms with Crippen LogP contribution in [0.2, 0.25) is 0 Å². The molecule has 1 aliphatic carbocycles. The molecule has 3 heterocycles. The third-order valence-electron chi connectivity index (χ3n) is 4.43. The molecule has 8 heteroatoms. The first kappa shape index (κ1) is 14.7. The van der Waals surface area contributed by atoms with Gasteiger partial charge < -0.3 is 10.3 Å². The summed E-state index contributed by atoms with van der Waals surface area (Å²) < 4.78 is 1.80. The van der Waals surface area contributed by atoms with E-state index < -0.39 is 0 Å². The number of anilines is 1. The Balaban J connectivity index is 1.49. The van der Waals surface area contributed by atoms with Gasteiger partial charge in [0.1, 0.15) is 5.82 Å². The van der Waals surface area contributed by atoms with Crippen LogP contribution < -0.4 is 5.32 Å². The highest BCUT2D eigenvalue weighted by atomic mass is 32.2. The normalized spacial score (nSPS) is 14.4. The number of nitrogens with zero attached hydrogens (tertiary/aromatic N) is 5. The van der Waals surface area contributed by atoms with Gasteiger partial charge in [-0.2, -0.15) is 14.6 Å². The van der Waals surface area contributed by atoms with Gasteiger partial charge in [0.05, 0.1) is 23.8 Å². The Morgan fingerprint density at radius 2 is 2.12 bits per heavy atom. The van der Waals surface area contributed by atoms with Crippen molar-refractivity contribution in [2.24, 2.45) is 0 Å². The summed E-state index contributed by atoms with van der Waals surface area (Å²) in [7, 11) is 0. The lowest BCUT2D eigenvalue weighted by Crippen LogP contribution is -2.10. The smallest absolute Gasteiger partial charge is 0.228 e. The highest BCUT2D eigenvalue weighted by molar-refractivity contribution is 7.98. The molecule has 0 radical (unpaired) electrons. The van der Waals surface area contributed by atoms with Crippen LogP contribution in [0.25, 0.3) is 16.7 Å². The van der Waals surface area contributed by atoms with Crippen LogP contribution in [0.3, 0.4) is 0 Å². The number of aromatic amines is 1. The van der Waals surface area contributed by atoms with Crippen molar-refractivity contribution in [1.82, 2.24) is 29.5 Å². The summed E-state index contributed by atoms with van der Waals surface area (Å²) in [4.78, 5) is 17.2. The van der Waals surface area contributed by atoms with E-state index in [1.165, 1.54) is 18.4 Å². The van der Waals surface area contributed by atoms with E-state index in [1.54, 1.807) is 16.3 Å². The molecule has 0 unspecified atom stereocenters. The number of benzene rings is 1. The Bertz CT molecular complexity index is 1030. The van der Waals surface area contributed by atoms with Crippen molar-refractivity contribution < 1.29 is 0 Å². The van der Waals surface area contributed by atoms with E-state index in [2.05, 4.69) is 30.4 Å². The van der Waals surface area contributed by atoms with E-state index >= 15 is 0 Å². The molecule has 0 amide bonds. The average molecular weight is 351 g/mol. The van der Waals surface area contributed by atoms with E-state index in [9.17, 15) is 0 Å². The fourth-order valence-corrected chi connectivity index (χ4v) is 3.37. The quantitative estimate of drug-likeness (QED) is 0.537. The van der Waals surface area contributed by atoms with Crippen LogP contribution in [-0.4, -0.2) is 35.8 Å². The number of hydrogen-bond donors (Lipinski definition) is 2. The van der Waals surface area contributed by atoms with Crippen LogP contribution in [-0.2, 0) is 6.54 Å². The molecule has 1 aliphatic rings. The zero-order valence-corrected chi connectivity index (χ0v) is 14.5. The first-order chi connectivity index (χ1) is 12.3. The predicted molar refractivity (Wildman–Crippen MR) is 98.0 cm³/mol. The van der Waals surface area contributed by atoms with Crippen LogP contribution in [0.15, 0.2) is 35.6 Å². The molecule has 25 heavy (non-hydrogen) atoms. The molecule has 0 bridgehead atoms. The van der Waals surface area contributed by atoms with Gasteiger partial charge in [-0.05, 0) is 37.1 Å². The molecule has 0 atom stereocenters. The minimum absolute atomic E-state index is 0.549. The third-order valence-corrected chi connectivity index (χ3v) is 4.97. The maximum atomic E-state index is 4.65. The summed E-state index contributed by atoms with van der Waals surface area (Å²) in [5, 5.41) is 8.61. The molecular formula is C17H17N7S. The molecule has 3 aromatic heterocycles. The lowest BCUT2D eigenvalue weighted by Gasteiger charge is -2.07. The number of H-pyrrole nitrogens is 1. The van der Waals surface area contributed by atoms with Crippen LogP contribution in [0.5, 0.6) is 0 Å². The van der Waals surface area contributed by atoms with Gasteiger partial charge in [-0.1, -0.05) is 23.9 Å². The van der Waals surface area contributed by atoms with Crippen LogP contribution in [0.4, 0.5) is 5.95 Å². The first-order valence-corrected chi connectivity index (χ1v) is 9.51. The van der Waals surface area contributed by atoms with Crippen molar-refractivity contribution in [3.63, 3.8) is 0 Å². The Morgan fingerprint density at radius 1 is 1.24 bits per heavy atom. The van der Waals surface area contributed by atoms with Gasteiger partial charge in [-0.25, -0.2) is 9.97 Å². The molecule has 4 aromatic rings. The first-order valence-electron chi connectivity index (χ1n) is 8.29. The van der Waals surface area contributed by atoms with Gasteiger partial charge >= 0.3 is 0 Å². The molecule has 2 N–H and O–H groups in total. The second-order valence-corrected chi connectivity index (χ2v) is 6.97. The van der Waals surface area contributed by atoms with Crippen molar-refractivity contribution >= 4 is 34.4 Å². The molecule has 1 fully saturated rings. The van der Waals surface area contributed by atoms with Gasteiger partial charge in [0.15, 0.2) is 10.8 Å². The van der Waals surface area contributed by atoms with E-state index in [0.29, 0.717) is 18.4 Å². The standard InChI is InChI=1S/C17H17N7S/c1-25-17-22-15-11(10-6-7-10)8-19-24(15)16(23-17)18-9-14-20-12-4-2-3-5-13(12)21-14/h2-5,8,10H,6-7,9H2,1H3,(H,20,21)(H,18,22,23). The molecule has 5 rings (SSSR count). The highest BCUT2D eigenvalue weighted by Crippen LogP contribution is 2.41. The number of para-hydroxylation sites is 2. The molecule has 1 aromatic carbocycles. The molecule has 126 valence electrons. The Labute approximate surface area is 148 Å². The summed E-state index contributed by atoms with van der Waals surface area (Å²) in [6.45, 7) is 0.549. The highest BCUT2D eigenvalue weighted by Gasteiger charge is 2.28. The number of imidazole rings is 1. The van der Waals surface area contributed by atoms with Crippen molar-refractivity contribution in [2.45, 2.75) is 30.5 Å². The summed E-state index contributed by atoms with van der Waals surface area (Å²) in [6.07, 6.45) is 6.36. The molecule has 0 saturated heterocycles. The molecule has 0 aliphatic heterocycles. The second-order valence-electron chi connectivity index (χ2n) is 6.20. The Kier molecular flexibility index (Phi) is 3.37. The fourth-order valence-electron chi connectivity index (χ4n) is 3.02. The van der Waals surface area contributed by atoms with Crippen LogP contribution in [0.1, 0.15) is 30.1 Å². The minimum atomic E-state index is 0.549. The van der Waals surface area contributed by atoms with Crippen molar-refractivity contribution in [3.8, 4) is 0 Å². The summed E-state index contributed by atoms with van der Waals surface area (Å²) >= 11 is 1.54. The largest absolute Gasteiger partial charge is 0.347 e. The van der Waals surface area contributed by atoms with Crippen LogP contribution in [0, 0.1) is 0 Å². The summed E-state index contributed by atoms with van der Waals surface area (Å²) in [5.41, 5.74) is 4.14. The van der Waals surface area contributed by atoms with Gasteiger partial charge in [-0.15, -0.1) is 0 Å². The van der Waals surface area contributed by atoms with E-state index in [-0.39, 0.29) is 0 Å². The second kappa shape index (κ2) is 5.73. The molecular weight excluding hydrogens is 334 g/mol. The van der Waals surface area contributed by atoms with Gasteiger partial charge in [-0.3, -0.25) is 0 Å². The number of aromatic nitrogens is 6. The van der Waals surface area contributed by atoms with Gasteiger partial charge in [0.2, 0.25) is 5.95 Å². The molecule has 1 saturated carbocycles. The van der Waals surface area contributed by atoms with E-state index in [4.69, 9.17) is 0 Å². The Hall–Kier alpha value is -2.61. The maximum absolute atomic E-state index is 4.65. The maximum Gasteiger partial charge on any atom is 0.228 e. The number of rotatable bonds is 5. The average Bonchev–Trinajstić information content (AvgIpc) is 3.25. The van der Waals surface area contributed by atoms with E-state index in [0.717, 1.165) is 27.7 Å². The van der Waals surface area contributed by atoms with Crippen LogP contribution >= 0.6 is 11.8 Å². The zero-order valence-electron chi connectivity index (χ0n) is 13.7. The van der Waals surface area contributed by atoms with Crippen molar-refractivity contribution in [3.05, 3.63) is 41.9 Å².